The van der Waals surface area contributed by atoms with E-state index in [1.807, 2.05) is 35.9 Å². The number of aromatic nitrogens is 1. The summed E-state index contributed by atoms with van der Waals surface area (Å²) in [7, 11) is 0. The van der Waals surface area contributed by atoms with Crippen LogP contribution in [0.15, 0.2) is 54.7 Å². The number of fused-ring (bicyclic) bond motifs is 1. The Balaban J connectivity index is 1.40. The molecule has 2 heterocycles. The topological polar surface area (TPSA) is 86.9 Å². The molecule has 4 N–H and O–H groups in total. The van der Waals surface area contributed by atoms with Gasteiger partial charge in [0.25, 0.3) is 0 Å². The van der Waals surface area contributed by atoms with Crippen molar-refractivity contribution in [1.82, 2.24) is 9.88 Å². The molecule has 2 fully saturated rings. The molecule has 0 unspecified atom stereocenters. The third kappa shape index (κ3) is 5.21. The number of rotatable bonds is 9. The maximum atomic E-state index is 10.9. The molecule has 1 aliphatic carbocycles. The van der Waals surface area contributed by atoms with E-state index in [0.717, 1.165) is 40.1 Å². The third-order valence-electron chi connectivity index (χ3n) is 7.27. The molecule has 6 nitrogen and oxygen atoms in total. The van der Waals surface area contributed by atoms with Crippen LogP contribution in [0.4, 0.5) is 0 Å². The van der Waals surface area contributed by atoms with E-state index in [2.05, 4.69) is 35.6 Å². The van der Waals surface area contributed by atoms with E-state index in [1.165, 1.54) is 24.0 Å². The molecule has 5 rings (SSSR count). The molecule has 0 amide bonds. The molecule has 0 radical (unpaired) electrons. The Morgan fingerprint density at radius 2 is 1.77 bits per heavy atom. The highest BCUT2D eigenvalue weighted by Crippen LogP contribution is 2.40. The van der Waals surface area contributed by atoms with Crippen molar-refractivity contribution in [2.45, 2.75) is 69.2 Å². The highest BCUT2D eigenvalue weighted by molar-refractivity contribution is 7.80. The molecule has 7 heteroatoms. The first-order valence-electron chi connectivity index (χ1n) is 12.6. The third-order valence-corrected chi connectivity index (χ3v) is 7.70. The highest BCUT2D eigenvalue weighted by atomic mass is 32.1. The number of ether oxygens (including phenoxy) is 1. The Hall–Kier alpha value is -2.13. The van der Waals surface area contributed by atoms with Crippen molar-refractivity contribution >= 4 is 28.0 Å². The molecule has 35 heavy (non-hydrogen) atoms. The summed E-state index contributed by atoms with van der Waals surface area (Å²) in [5, 5.41) is 36.4. The largest absolute Gasteiger partial charge is 0.388 e. The van der Waals surface area contributed by atoms with Gasteiger partial charge in [-0.2, -0.15) is 0 Å². The number of hydrogen-bond donors (Lipinski definition) is 4. The second-order valence-corrected chi connectivity index (χ2v) is 10.4. The number of benzene rings is 2. The number of nitrogens with one attached hydrogen (secondary N) is 1. The zero-order valence-electron chi connectivity index (χ0n) is 20.0. The molecule has 0 spiro atoms. The smallest absolute Gasteiger partial charge is 0.163 e. The maximum Gasteiger partial charge on any atom is 0.163 e. The van der Waals surface area contributed by atoms with Gasteiger partial charge < -0.3 is 29.9 Å². The van der Waals surface area contributed by atoms with E-state index < -0.39 is 30.6 Å². The van der Waals surface area contributed by atoms with Gasteiger partial charge in [-0.1, -0.05) is 61.6 Å². The monoisotopic (exact) mass is 494 g/mol. The predicted octanol–water partition coefficient (Wildman–Crippen LogP) is 3.46. The van der Waals surface area contributed by atoms with Gasteiger partial charge in [-0.25, -0.2) is 0 Å². The summed E-state index contributed by atoms with van der Waals surface area (Å²) in [5.74, 6) is 0.734. The van der Waals surface area contributed by atoms with Gasteiger partial charge in [0.2, 0.25) is 0 Å². The maximum absolute atomic E-state index is 10.9. The van der Waals surface area contributed by atoms with E-state index in [0.29, 0.717) is 13.1 Å². The molecular formula is C28H34N2O4S. The number of hydrogen-bond acceptors (Lipinski definition) is 6. The summed E-state index contributed by atoms with van der Waals surface area (Å²) >= 11 is 5.27. The molecule has 1 aliphatic heterocycles. The van der Waals surface area contributed by atoms with Crippen LogP contribution in [-0.2, 0) is 11.2 Å². The summed E-state index contributed by atoms with van der Waals surface area (Å²) in [5.41, 5.74) is 4.69. The molecule has 1 saturated carbocycles. The van der Waals surface area contributed by atoms with Crippen molar-refractivity contribution in [1.29, 1.82) is 0 Å². The zero-order chi connectivity index (χ0) is 24.5. The molecule has 2 aliphatic rings. The first kappa shape index (κ1) is 24.6. The SMILES string of the molecule is CCC(=S)CNC[C@H]1O[C@@H](n2cc(Cc3ccc(C4CC4)cc3)c3ccccc32)[C@H](O)[C@@H](O)[C@@H]1O. The molecule has 3 aromatic rings. The minimum Gasteiger partial charge on any atom is -0.388 e. The standard InChI is InChI=1S/C28H34N2O4S/c1-2-21(35)14-29-15-24-25(31)26(32)27(33)28(34-24)30-16-20(22-5-3-4-6-23(22)30)13-17-7-9-18(10-8-17)19-11-12-19/h3-10,16,19,24-29,31-33H,2,11-15H2,1H3/t24-,25-,26+,27-,28-/m1/s1. The van der Waals surface area contributed by atoms with Gasteiger partial charge in [0.15, 0.2) is 6.23 Å². The van der Waals surface area contributed by atoms with Gasteiger partial charge in [-0.05, 0) is 54.4 Å². The average Bonchev–Trinajstić information content (AvgIpc) is 3.67. The van der Waals surface area contributed by atoms with Gasteiger partial charge in [0.05, 0.1) is 5.52 Å². The van der Waals surface area contributed by atoms with E-state index in [-0.39, 0.29) is 0 Å². The minimum atomic E-state index is -1.32. The molecule has 0 bridgehead atoms. The van der Waals surface area contributed by atoms with Crippen LogP contribution in [0.5, 0.6) is 0 Å². The summed E-state index contributed by atoms with van der Waals surface area (Å²) in [4.78, 5) is 0.888. The number of para-hydroxylation sites is 1. The lowest BCUT2D eigenvalue weighted by atomic mass is 9.97. The molecule has 1 saturated heterocycles. The molecular weight excluding hydrogens is 460 g/mol. The normalized spacial score (nSPS) is 26.8. The fraction of sp³-hybridized carbons (Fsp3) is 0.464. The average molecular weight is 495 g/mol. The lowest BCUT2D eigenvalue weighted by Gasteiger charge is -2.41. The van der Waals surface area contributed by atoms with Crippen LogP contribution < -0.4 is 5.32 Å². The van der Waals surface area contributed by atoms with Crippen molar-refractivity contribution in [2.24, 2.45) is 0 Å². The number of thiocarbonyl (C=S) groups is 1. The molecule has 1 aromatic heterocycles. The number of nitrogens with zero attached hydrogens (tertiary/aromatic N) is 1. The second kappa shape index (κ2) is 10.5. The fourth-order valence-electron chi connectivity index (χ4n) is 4.98. The highest BCUT2D eigenvalue weighted by Gasteiger charge is 2.44. The Morgan fingerprint density at radius 1 is 1.03 bits per heavy atom. The molecule has 2 aromatic carbocycles. The van der Waals surface area contributed by atoms with Crippen LogP contribution in [0.3, 0.4) is 0 Å². The van der Waals surface area contributed by atoms with E-state index in [4.69, 9.17) is 17.0 Å². The van der Waals surface area contributed by atoms with Crippen LogP contribution in [0.2, 0.25) is 0 Å². The predicted molar refractivity (Wildman–Crippen MR) is 141 cm³/mol. The zero-order valence-corrected chi connectivity index (χ0v) is 20.8. The number of aliphatic hydroxyl groups is 3. The Morgan fingerprint density at radius 3 is 2.49 bits per heavy atom. The van der Waals surface area contributed by atoms with E-state index >= 15 is 0 Å². The number of aliphatic hydroxyl groups excluding tert-OH is 3. The summed E-state index contributed by atoms with van der Waals surface area (Å²) in [6.45, 7) is 2.86. The van der Waals surface area contributed by atoms with Crippen LogP contribution >= 0.6 is 12.2 Å². The van der Waals surface area contributed by atoms with Crippen LogP contribution in [0.1, 0.15) is 55.0 Å². The van der Waals surface area contributed by atoms with Gasteiger partial charge >= 0.3 is 0 Å². The fourth-order valence-corrected chi connectivity index (χ4v) is 5.08. The summed E-state index contributed by atoms with van der Waals surface area (Å²) < 4.78 is 8.10. The first-order chi connectivity index (χ1) is 17.0. The summed E-state index contributed by atoms with van der Waals surface area (Å²) in [6, 6.07) is 16.9. The molecule has 5 atom stereocenters. The first-order valence-corrected chi connectivity index (χ1v) is 13.0. The Kier molecular flexibility index (Phi) is 7.34. The van der Waals surface area contributed by atoms with Gasteiger partial charge in [-0.15, -0.1) is 0 Å². The van der Waals surface area contributed by atoms with Gasteiger partial charge in [-0.3, -0.25) is 0 Å². The summed E-state index contributed by atoms with van der Waals surface area (Å²) in [6.07, 6.45) is 0.847. The van der Waals surface area contributed by atoms with Crippen molar-refractivity contribution < 1.29 is 20.1 Å². The van der Waals surface area contributed by atoms with Crippen molar-refractivity contribution in [3.63, 3.8) is 0 Å². The Labute approximate surface area is 211 Å². The lowest BCUT2D eigenvalue weighted by molar-refractivity contribution is -0.242. The second-order valence-electron chi connectivity index (χ2n) is 9.83. The molecule has 186 valence electrons. The Bertz CT molecular complexity index is 1170. The van der Waals surface area contributed by atoms with Crippen LogP contribution in [-0.4, -0.2) is 62.3 Å². The van der Waals surface area contributed by atoms with Crippen molar-refractivity contribution in [3.05, 3.63) is 71.4 Å². The van der Waals surface area contributed by atoms with Gasteiger partial charge in [0, 0.05) is 29.5 Å². The van der Waals surface area contributed by atoms with E-state index in [9.17, 15) is 15.3 Å². The van der Waals surface area contributed by atoms with Gasteiger partial charge in [0.1, 0.15) is 24.4 Å². The minimum absolute atomic E-state index is 0.320. The van der Waals surface area contributed by atoms with Crippen molar-refractivity contribution in [3.8, 4) is 0 Å². The quantitative estimate of drug-likeness (QED) is 0.341. The van der Waals surface area contributed by atoms with Crippen LogP contribution in [0.25, 0.3) is 10.9 Å². The van der Waals surface area contributed by atoms with Crippen LogP contribution in [0, 0.1) is 0 Å². The lowest BCUT2D eigenvalue weighted by Crippen LogP contribution is -2.58. The van der Waals surface area contributed by atoms with E-state index in [1.54, 1.807) is 0 Å². The van der Waals surface area contributed by atoms with Crippen molar-refractivity contribution in [2.75, 3.05) is 13.1 Å².